The van der Waals surface area contributed by atoms with Crippen LogP contribution in [0.2, 0.25) is 0 Å². The zero-order valence-corrected chi connectivity index (χ0v) is 11.4. The second-order valence-corrected chi connectivity index (χ2v) is 5.09. The van der Waals surface area contributed by atoms with Gasteiger partial charge in [0.15, 0.2) is 0 Å². The van der Waals surface area contributed by atoms with Crippen LogP contribution in [-0.4, -0.2) is 64.6 Å². The van der Waals surface area contributed by atoms with Gasteiger partial charge in [-0.05, 0) is 33.6 Å². The number of rotatable bonds is 3. The monoisotopic (exact) mass is 253 g/mol. The van der Waals surface area contributed by atoms with Crippen LogP contribution >= 0.6 is 0 Å². The number of nitrogens with two attached hydrogens (primary N) is 1. The van der Waals surface area contributed by atoms with Gasteiger partial charge in [0.2, 0.25) is 0 Å². The van der Waals surface area contributed by atoms with E-state index in [2.05, 4.69) is 39.6 Å². The van der Waals surface area contributed by atoms with Crippen LogP contribution in [0.25, 0.3) is 0 Å². The summed E-state index contributed by atoms with van der Waals surface area (Å²) in [7, 11) is 6.20. The number of nitrogens with one attached hydrogen (secondary N) is 1. The lowest BCUT2D eigenvalue weighted by atomic mass is 10.0. The van der Waals surface area contributed by atoms with E-state index in [0.717, 1.165) is 25.3 Å². The highest BCUT2D eigenvalue weighted by atomic mass is 15.4. The molecule has 0 saturated carbocycles. The lowest BCUT2D eigenvalue weighted by Crippen LogP contribution is -2.49. The summed E-state index contributed by atoms with van der Waals surface area (Å²) in [5.74, 6) is 5.76. The first-order valence-corrected chi connectivity index (χ1v) is 6.33. The molecule has 2 atom stereocenters. The summed E-state index contributed by atoms with van der Waals surface area (Å²) in [5, 5.41) is 7.92. The molecule has 0 spiro atoms. The third-order valence-corrected chi connectivity index (χ3v) is 3.75. The van der Waals surface area contributed by atoms with Gasteiger partial charge in [0.1, 0.15) is 0 Å². The summed E-state index contributed by atoms with van der Waals surface area (Å²) in [6.07, 6.45) is 2.97. The zero-order valence-electron chi connectivity index (χ0n) is 11.4. The Labute approximate surface area is 108 Å². The SMILES string of the molecule is CN1CCCN(C)C(C(NN)c2cnnn2C)C1. The van der Waals surface area contributed by atoms with Gasteiger partial charge in [0, 0.05) is 19.6 Å². The largest absolute Gasteiger partial charge is 0.305 e. The molecule has 7 heteroatoms. The molecule has 3 N–H and O–H groups in total. The van der Waals surface area contributed by atoms with E-state index in [1.807, 2.05) is 7.05 Å². The Morgan fingerprint density at radius 1 is 1.39 bits per heavy atom. The molecule has 1 aliphatic heterocycles. The lowest BCUT2D eigenvalue weighted by molar-refractivity contribution is 0.174. The van der Waals surface area contributed by atoms with Crippen LogP contribution < -0.4 is 11.3 Å². The maximum Gasteiger partial charge on any atom is 0.0812 e. The van der Waals surface area contributed by atoms with Crippen molar-refractivity contribution in [3.8, 4) is 0 Å². The number of hydrogen-bond donors (Lipinski definition) is 2. The number of aryl methyl sites for hydroxylation is 1. The fourth-order valence-electron chi connectivity index (χ4n) is 2.64. The topological polar surface area (TPSA) is 75.2 Å². The van der Waals surface area contributed by atoms with E-state index in [4.69, 9.17) is 5.84 Å². The van der Waals surface area contributed by atoms with Crippen LogP contribution in [0, 0.1) is 0 Å². The predicted octanol–water partition coefficient (Wildman–Crippen LogP) is -1.04. The smallest absolute Gasteiger partial charge is 0.0812 e. The Morgan fingerprint density at radius 3 is 2.78 bits per heavy atom. The molecule has 1 aliphatic rings. The number of hydrogen-bond acceptors (Lipinski definition) is 6. The normalized spacial score (nSPS) is 25.0. The zero-order chi connectivity index (χ0) is 13.1. The van der Waals surface area contributed by atoms with Crippen molar-refractivity contribution in [3.63, 3.8) is 0 Å². The van der Waals surface area contributed by atoms with Gasteiger partial charge in [-0.15, -0.1) is 5.10 Å². The summed E-state index contributed by atoms with van der Waals surface area (Å²) in [6, 6.07) is 0.357. The molecule has 1 aromatic heterocycles. The van der Waals surface area contributed by atoms with Gasteiger partial charge < -0.3 is 9.80 Å². The van der Waals surface area contributed by atoms with E-state index in [1.54, 1.807) is 10.9 Å². The molecule has 0 aromatic carbocycles. The van der Waals surface area contributed by atoms with Gasteiger partial charge in [-0.25, -0.2) is 5.43 Å². The van der Waals surface area contributed by atoms with Crippen molar-refractivity contribution in [1.29, 1.82) is 0 Å². The number of hydrazine groups is 1. The number of nitrogens with zero attached hydrogens (tertiary/aromatic N) is 5. The van der Waals surface area contributed by atoms with Crippen molar-refractivity contribution in [1.82, 2.24) is 30.2 Å². The maximum atomic E-state index is 5.76. The highest BCUT2D eigenvalue weighted by Crippen LogP contribution is 2.21. The molecule has 102 valence electrons. The molecule has 1 aromatic rings. The maximum absolute atomic E-state index is 5.76. The van der Waals surface area contributed by atoms with Gasteiger partial charge in [0.05, 0.1) is 17.9 Å². The average molecular weight is 253 g/mol. The van der Waals surface area contributed by atoms with Crippen molar-refractivity contribution in [2.24, 2.45) is 12.9 Å². The van der Waals surface area contributed by atoms with Crippen LogP contribution in [0.1, 0.15) is 18.2 Å². The summed E-state index contributed by atoms with van der Waals surface area (Å²) in [5.41, 5.74) is 3.94. The first kappa shape index (κ1) is 13.4. The minimum atomic E-state index is 0.0375. The number of likely N-dealkylation sites (N-methyl/N-ethyl adjacent to an activating group) is 2. The van der Waals surface area contributed by atoms with Gasteiger partial charge in [-0.1, -0.05) is 5.21 Å². The van der Waals surface area contributed by atoms with Crippen LogP contribution in [0.15, 0.2) is 6.20 Å². The Hall–Kier alpha value is -1.02. The quantitative estimate of drug-likeness (QED) is 0.529. The first-order valence-electron chi connectivity index (χ1n) is 6.33. The van der Waals surface area contributed by atoms with Gasteiger partial charge in [0.25, 0.3) is 0 Å². The van der Waals surface area contributed by atoms with E-state index in [0.29, 0.717) is 6.04 Å². The molecule has 2 unspecified atom stereocenters. The Balaban J connectivity index is 2.22. The standard InChI is InChI=1S/C11H23N7/c1-16-5-4-6-17(2)10(8-16)11(14-12)9-7-13-15-18(9)3/h7,10-11,14H,4-6,8,12H2,1-3H3. The van der Waals surface area contributed by atoms with Crippen LogP contribution in [0.4, 0.5) is 0 Å². The molecule has 18 heavy (non-hydrogen) atoms. The first-order chi connectivity index (χ1) is 8.63. The van der Waals surface area contributed by atoms with Crippen molar-refractivity contribution in [2.45, 2.75) is 18.5 Å². The van der Waals surface area contributed by atoms with E-state index >= 15 is 0 Å². The van der Waals surface area contributed by atoms with Crippen molar-refractivity contribution >= 4 is 0 Å². The molecule has 2 rings (SSSR count). The van der Waals surface area contributed by atoms with E-state index in [9.17, 15) is 0 Å². The van der Waals surface area contributed by atoms with Crippen molar-refractivity contribution in [3.05, 3.63) is 11.9 Å². The second-order valence-electron chi connectivity index (χ2n) is 5.09. The molecule has 0 aliphatic carbocycles. The van der Waals surface area contributed by atoms with Crippen LogP contribution in [0.5, 0.6) is 0 Å². The van der Waals surface area contributed by atoms with Crippen LogP contribution in [0.3, 0.4) is 0 Å². The highest BCUT2D eigenvalue weighted by Gasteiger charge is 2.30. The molecule has 0 amide bonds. The molecule has 1 fully saturated rings. The Bertz CT molecular complexity index is 377. The highest BCUT2D eigenvalue weighted by molar-refractivity contribution is 5.06. The minimum absolute atomic E-state index is 0.0375. The van der Waals surface area contributed by atoms with Gasteiger partial charge >= 0.3 is 0 Å². The van der Waals surface area contributed by atoms with Crippen molar-refractivity contribution < 1.29 is 0 Å². The molecule has 1 saturated heterocycles. The fourth-order valence-corrected chi connectivity index (χ4v) is 2.64. The van der Waals surface area contributed by atoms with E-state index < -0.39 is 0 Å². The minimum Gasteiger partial charge on any atom is -0.305 e. The van der Waals surface area contributed by atoms with Gasteiger partial charge in [-0.2, -0.15) is 0 Å². The summed E-state index contributed by atoms with van der Waals surface area (Å²) in [4.78, 5) is 4.71. The van der Waals surface area contributed by atoms with Gasteiger partial charge in [-0.3, -0.25) is 10.5 Å². The molecular weight excluding hydrogens is 230 g/mol. The van der Waals surface area contributed by atoms with Crippen molar-refractivity contribution in [2.75, 3.05) is 33.7 Å². The fraction of sp³-hybridized carbons (Fsp3) is 0.818. The Morgan fingerprint density at radius 2 is 2.17 bits per heavy atom. The summed E-state index contributed by atoms with van der Waals surface area (Å²) >= 11 is 0. The molecule has 0 radical (unpaired) electrons. The predicted molar refractivity (Wildman–Crippen MR) is 69.6 cm³/mol. The third-order valence-electron chi connectivity index (χ3n) is 3.75. The van der Waals surface area contributed by atoms with E-state index in [1.165, 1.54) is 6.42 Å². The molecule has 2 heterocycles. The summed E-state index contributed by atoms with van der Waals surface area (Å²) in [6.45, 7) is 3.19. The lowest BCUT2D eigenvalue weighted by Gasteiger charge is -2.33. The molecule has 7 nitrogen and oxygen atoms in total. The number of aromatic nitrogens is 3. The Kier molecular flexibility index (Phi) is 4.28. The van der Waals surface area contributed by atoms with Crippen LogP contribution in [-0.2, 0) is 7.05 Å². The van der Waals surface area contributed by atoms with E-state index in [-0.39, 0.29) is 6.04 Å². The third kappa shape index (κ3) is 2.69. The summed E-state index contributed by atoms with van der Waals surface area (Å²) < 4.78 is 1.78. The molecule has 0 bridgehead atoms. The molecular formula is C11H23N7. The average Bonchev–Trinajstić information content (AvgIpc) is 2.67. The second kappa shape index (κ2) is 5.75.